The molecule has 0 spiro atoms. The number of rotatable bonds is 2. The number of nitrogens with zero attached hydrogens (tertiary/aromatic N) is 3. The van der Waals surface area contributed by atoms with Gasteiger partial charge in [-0.2, -0.15) is 10.2 Å². The molecule has 0 saturated heterocycles. The van der Waals surface area contributed by atoms with Crippen molar-refractivity contribution in [1.82, 2.24) is 20.1 Å². The predicted molar refractivity (Wildman–Crippen MR) is 109 cm³/mol. The van der Waals surface area contributed by atoms with Crippen LogP contribution in [0.2, 0.25) is 0 Å². The summed E-state index contributed by atoms with van der Waals surface area (Å²) in [7, 11) is 2.20. The molecular weight excluding hydrogens is 332 g/mol. The lowest BCUT2D eigenvalue weighted by Gasteiger charge is -2.33. The van der Waals surface area contributed by atoms with E-state index in [9.17, 15) is 0 Å². The molecule has 3 heterocycles. The van der Waals surface area contributed by atoms with Gasteiger partial charge in [-0.25, -0.2) is 0 Å². The van der Waals surface area contributed by atoms with Crippen LogP contribution in [0.25, 0.3) is 22.2 Å². The monoisotopic (exact) mass is 354 g/mol. The fourth-order valence-electron chi connectivity index (χ4n) is 4.13. The summed E-state index contributed by atoms with van der Waals surface area (Å²) >= 11 is 0. The SMILES string of the molecule is Cc1ccc(-c2ccc3c(c2)CN(C)CC3c2ccc3[nH]ccc3c2)nn1. The van der Waals surface area contributed by atoms with E-state index in [2.05, 4.69) is 69.6 Å². The Kier molecular flexibility index (Phi) is 3.80. The van der Waals surface area contributed by atoms with Crippen molar-refractivity contribution >= 4 is 10.9 Å². The molecule has 134 valence electrons. The number of likely N-dealkylation sites (N-methyl/N-ethyl adjacent to an activating group) is 1. The third-order valence-corrected chi connectivity index (χ3v) is 5.53. The molecule has 2 aromatic heterocycles. The van der Waals surface area contributed by atoms with E-state index in [1.54, 1.807) is 0 Å². The zero-order valence-corrected chi connectivity index (χ0v) is 15.6. The molecule has 0 radical (unpaired) electrons. The summed E-state index contributed by atoms with van der Waals surface area (Å²) in [4.78, 5) is 5.69. The summed E-state index contributed by atoms with van der Waals surface area (Å²) < 4.78 is 0. The number of fused-ring (bicyclic) bond motifs is 2. The van der Waals surface area contributed by atoms with Gasteiger partial charge in [0.2, 0.25) is 0 Å². The van der Waals surface area contributed by atoms with Crippen molar-refractivity contribution in [3.8, 4) is 11.3 Å². The first-order valence-electron chi connectivity index (χ1n) is 9.36. The van der Waals surface area contributed by atoms with Gasteiger partial charge in [-0.05, 0) is 72.4 Å². The normalized spacial score (nSPS) is 17.2. The number of nitrogens with one attached hydrogen (secondary N) is 1. The van der Waals surface area contributed by atoms with Gasteiger partial charge in [0.15, 0.2) is 0 Å². The minimum atomic E-state index is 0.385. The molecule has 1 N–H and O–H groups in total. The molecule has 0 bridgehead atoms. The third-order valence-electron chi connectivity index (χ3n) is 5.53. The summed E-state index contributed by atoms with van der Waals surface area (Å²) in [5.74, 6) is 0.385. The number of H-pyrrole nitrogens is 1. The molecule has 0 amide bonds. The average molecular weight is 354 g/mol. The molecule has 1 atom stereocenters. The molecule has 1 unspecified atom stereocenters. The number of hydrogen-bond acceptors (Lipinski definition) is 3. The van der Waals surface area contributed by atoms with E-state index in [4.69, 9.17) is 0 Å². The highest BCUT2D eigenvalue weighted by molar-refractivity contribution is 5.80. The van der Waals surface area contributed by atoms with Crippen LogP contribution in [0.5, 0.6) is 0 Å². The summed E-state index contributed by atoms with van der Waals surface area (Å²) in [6.45, 7) is 3.96. The minimum Gasteiger partial charge on any atom is -0.361 e. The smallest absolute Gasteiger partial charge is 0.0929 e. The lowest BCUT2D eigenvalue weighted by molar-refractivity contribution is 0.295. The van der Waals surface area contributed by atoms with E-state index in [0.717, 1.165) is 30.0 Å². The predicted octanol–water partition coefficient (Wildman–Crippen LogP) is 4.51. The lowest BCUT2D eigenvalue weighted by atomic mass is 9.83. The lowest BCUT2D eigenvalue weighted by Crippen LogP contribution is -2.31. The van der Waals surface area contributed by atoms with Gasteiger partial charge in [0.1, 0.15) is 0 Å². The number of aromatic amines is 1. The third kappa shape index (κ3) is 2.92. The van der Waals surface area contributed by atoms with E-state index in [0.29, 0.717) is 5.92 Å². The van der Waals surface area contributed by atoms with Gasteiger partial charge < -0.3 is 9.88 Å². The second kappa shape index (κ2) is 6.32. The van der Waals surface area contributed by atoms with Crippen molar-refractivity contribution < 1.29 is 0 Å². The van der Waals surface area contributed by atoms with Crippen molar-refractivity contribution in [3.05, 3.63) is 83.2 Å². The van der Waals surface area contributed by atoms with Crippen LogP contribution in [0.4, 0.5) is 0 Å². The molecule has 2 aromatic carbocycles. The van der Waals surface area contributed by atoms with Crippen molar-refractivity contribution in [2.75, 3.05) is 13.6 Å². The minimum absolute atomic E-state index is 0.385. The van der Waals surface area contributed by atoms with Crippen LogP contribution < -0.4 is 0 Å². The van der Waals surface area contributed by atoms with Crippen LogP contribution in [0, 0.1) is 6.92 Å². The summed E-state index contributed by atoms with van der Waals surface area (Å²) in [5, 5.41) is 9.83. The molecule has 5 rings (SSSR count). The van der Waals surface area contributed by atoms with Gasteiger partial charge in [0.05, 0.1) is 11.4 Å². The molecule has 0 fully saturated rings. The Labute approximate surface area is 158 Å². The Hall–Kier alpha value is -2.98. The van der Waals surface area contributed by atoms with Crippen LogP contribution in [0.1, 0.15) is 28.3 Å². The molecule has 4 heteroatoms. The van der Waals surface area contributed by atoms with Crippen LogP contribution in [-0.4, -0.2) is 33.7 Å². The molecule has 1 aliphatic rings. The average Bonchev–Trinajstić information content (AvgIpc) is 3.15. The second-order valence-electron chi connectivity index (χ2n) is 7.55. The molecule has 27 heavy (non-hydrogen) atoms. The van der Waals surface area contributed by atoms with E-state index >= 15 is 0 Å². The van der Waals surface area contributed by atoms with E-state index in [1.165, 1.54) is 27.6 Å². The quantitative estimate of drug-likeness (QED) is 0.576. The van der Waals surface area contributed by atoms with Gasteiger partial charge in [-0.3, -0.25) is 0 Å². The largest absolute Gasteiger partial charge is 0.361 e. The molecule has 0 saturated carbocycles. The Morgan fingerprint density at radius 1 is 1.00 bits per heavy atom. The Bertz CT molecular complexity index is 1110. The van der Waals surface area contributed by atoms with Gasteiger partial charge in [-0.1, -0.05) is 18.2 Å². The Balaban J connectivity index is 1.57. The van der Waals surface area contributed by atoms with Gasteiger partial charge in [0, 0.05) is 36.3 Å². The topological polar surface area (TPSA) is 44.8 Å². The molecule has 1 aliphatic heterocycles. The first-order chi connectivity index (χ1) is 13.2. The van der Waals surface area contributed by atoms with Crippen LogP contribution in [-0.2, 0) is 6.54 Å². The summed E-state index contributed by atoms with van der Waals surface area (Å²) in [6.07, 6.45) is 2.00. The maximum absolute atomic E-state index is 4.35. The number of benzene rings is 2. The Morgan fingerprint density at radius 3 is 2.78 bits per heavy atom. The number of aryl methyl sites for hydroxylation is 1. The van der Waals surface area contributed by atoms with Gasteiger partial charge >= 0.3 is 0 Å². The van der Waals surface area contributed by atoms with Gasteiger partial charge in [0.25, 0.3) is 0 Å². The van der Waals surface area contributed by atoms with Crippen molar-refractivity contribution in [1.29, 1.82) is 0 Å². The first kappa shape index (κ1) is 16.2. The molecular formula is C23H22N4. The summed E-state index contributed by atoms with van der Waals surface area (Å²) in [6, 6.07) is 19.7. The van der Waals surface area contributed by atoms with Crippen LogP contribution in [0.3, 0.4) is 0 Å². The maximum Gasteiger partial charge on any atom is 0.0929 e. The fourth-order valence-corrected chi connectivity index (χ4v) is 4.13. The first-order valence-corrected chi connectivity index (χ1v) is 9.36. The molecule has 4 aromatic rings. The molecule has 4 nitrogen and oxygen atoms in total. The summed E-state index contributed by atoms with van der Waals surface area (Å²) in [5.41, 5.74) is 8.37. The van der Waals surface area contributed by atoms with Crippen molar-refractivity contribution in [2.24, 2.45) is 0 Å². The Morgan fingerprint density at radius 2 is 1.93 bits per heavy atom. The maximum atomic E-state index is 4.35. The van der Waals surface area contributed by atoms with Crippen molar-refractivity contribution in [3.63, 3.8) is 0 Å². The second-order valence-corrected chi connectivity index (χ2v) is 7.55. The van der Waals surface area contributed by atoms with Crippen LogP contribution >= 0.6 is 0 Å². The zero-order valence-electron chi connectivity index (χ0n) is 15.6. The van der Waals surface area contributed by atoms with E-state index < -0.39 is 0 Å². The highest BCUT2D eigenvalue weighted by Crippen LogP contribution is 2.36. The number of aromatic nitrogens is 3. The van der Waals surface area contributed by atoms with Crippen LogP contribution in [0.15, 0.2) is 60.8 Å². The molecule has 0 aliphatic carbocycles. The standard InChI is InChI=1S/C23H22N4/c1-15-3-7-23(26-25-15)17-4-6-20-19(12-17)13-27(2)14-21(20)16-5-8-22-18(11-16)9-10-24-22/h3-12,21,24H,13-14H2,1-2H3. The highest BCUT2D eigenvalue weighted by Gasteiger charge is 2.25. The highest BCUT2D eigenvalue weighted by atomic mass is 15.1. The fraction of sp³-hybridized carbons (Fsp3) is 0.217. The number of hydrogen-bond donors (Lipinski definition) is 1. The van der Waals surface area contributed by atoms with Gasteiger partial charge in [-0.15, -0.1) is 0 Å². The zero-order chi connectivity index (χ0) is 18.4. The van der Waals surface area contributed by atoms with E-state index in [-0.39, 0.29) is 0 Å². The van der Waals surface area contributed by atoms with E-state index in [1.807, 2.05) is 25.3 Å². The van der Waals surface area contributed by atoms with Crippen molar-refractivity contribution in [2.45, 2.75) is 19.4 Å².